The molecule has 142 valence electrons. The Balaban J connectivity index is 0.00000169. The van der Waals surface area contributed by atoms with Crippen molar-refractivity contribution in [3.05, 3.63) is 71.3 Å². The summed E-state index contributed by atoms with van der Waals surface area (Å²) in [6.07, 6.45) is 0.997. The van der Waals surface area contributed by atoms with Crippen LogP contribution in [0.1, 0.15) is 29.7 Å². The predicted molar refractivity (Wildman–Crippen MR) is 111 cm³/mol. The first-order chi connectivity index (χ1) is 11.6. The molecule has 0 radical (unpaired) electrons. The molecule has 2 aromatic carbocycles. The summed E-state index contributed by atoms with van der Waals surface area (Å²) >= 11 is 0. The third-order valence-corrected chi connectivity index (χ3v) is 4.81. The average molecular weight is 396 g/mol. The van der Waals surface area contributed by atoms with Gasteiger partial charge in [-0.1, -0.05) is 54.6 Å². The molecule has 2 unspecified atom stereocenters. The fraction of sp³-hybridized carbons (Fsp3) is 0.350. The van der Waals surface area contributed by atoms with E-state index < -0.39 is 0 Å². The zero-order valence-corrected chi connectivity index (χ0v) is 16.6. The Kier molecular flexibility index (Phi) is 9.09. The Morgan fingerprint density at radius 1 is 1.08 bits per heavy atom. The number of benzene rings is 2. The number of hydrogen-bond acceptors (Lipinski definition) is 3. The number of nitrogens with zero attached hydrogens (tertiary/aromatic N) is 1. The molecule has 0 saturated carbocycles. The van der Waals surface area contributed by atoms with E-state index in [0.717, 1.165) is 25.1 Å². The molecule has 0 fully saturated rings. The molecule has 1 aliphatic heterocycles. The largest absolute Gasteiger partial charge is 0.353 e. The standard InChI is InChI=1S/C20H25N3O.2ClH/c1-15(23-12-11-16-7-5-6-10-18(16)14-23)20(24)22-13-19(21)17-8-3-2-4-9-17;;/h2-10,15,19H,11-14,21H2,1H3,(H,22,24);2*1H. The van der Waals surface area contributed by atoms with Gasteiger partial charge in [0.1, 0.15) is 0 Å². The molecular formula is C20H27Cl2N3O. The minimum atomic E-state index is -0.176. The molecule has 0 saturated heterocycles. The van der Waals surface area contributed by atoms with Crippen LogP contribution in [0.4, 0.5) is 0 Å². The highest BCUT2D eigenvalue weighted by Crippen LogP contribution is 2.20. The lowest BCUT2D eigenvalue weighted by Gasteiger charge is -2.33. The van der Waals surface area contributed by atoms with Crippen LogP contribution < -0.4 is 11.1 Å². The Hall–Kier alpha value is -1.59. The zero-order valence-electron chi connectivity index (χ0n) is 14.9. The number of rotatable bonds is 5. The zero-order chi connectivity index (χ0) is 16.9. The van der Waals surface area contributed by atoms with Gasteiger partial charge < -0.3 is 11.1 Å². The van der Waals surface area contributed by atoms with Crippen LogP contribution in [-0.4, -0.2) is 29.9 Å². The fourth-order valence-electron chi connectivity index (χ4n) is 3.19. The highest BCUT2D eigenvalue weighted by molar-refractivity contribution is 5.85. The topological polar surface area (TPSA) is 58.4 Å². The Morgan fingerprint density at radius 3 is 2.38 bits per heavy atom. The van der Waals surface area contributed by atoms with Gasteiger partial charge in [-0.25, -0.2) is 0 Å². The molecule has 1 heterocycles. The van der Waals surface area contributed by atoms with E-state index in [1.165, 1.54) is 11.1 Å². The maximum Gasteiger partial charge on any atom is 0.237 e. The molecule has 3 rings (SSSR count). The second kappa shape index (κ2) is 10.5. The van der Waals surface area contributed by atoms with Crippen molar-refractivity contribution in [2.75, 3.05) is 13.1 Å². The van der Waals surface area contributed by atoms with E-state index in [9.17, 15) is 4.79 Å². The van der Waals surface area contributed by atoms with Crippen molar-refractivity contribution in [1.29, 1.82) is 0 Å². The molecule has 1 amide bonds. The Morgan fingerprint density at radius 2 is 1.69 bits per heavy atom. The molecule has 0 aliphatic carbocycles. The van der Waals surface area contributed by atoms with E-state index in [-0.39, 0.29) is 42.8 Å². The van der Waals surface area contributed by atoms with Crippen molar-refractivity contribution in [2.24, 2.45) is 5.73 Å². The molecule has 2 aromatic rings. The van der Waals surface area contributed by atoms with Crippen molar-refractivity contribution < 1.29 is 4.79 Å². The van der Waals surface area contributed by atoms with Crippen LogP contribution in [-0.2, 0) is 17.8 Å². The molecule has 0 bridgehead atoms. The molecule has 26 heavy (non-hydrogen) atoms. The van der Waals surface area contributed by atoms with Crippen LogP contribution >= 0.6 is 24.8 Å². The SMILES string of the molecule is CC(C(=O)NCC(N)c1ccccc1)N1CCc2ccccc2C1.Cl.Cl. The van der Waals surface area contributed by atoms with Gasteiger partial charge in [-0.3, -0.25) is 9.69 Å². The van der Waals surface area contributed by atoms with E-state index in [0.29, 0.717) is 6.54 Å². The van der Waals surface area contributed by atoms with Gasteiger partial charge in [0.25, 0.3) is 0 Å². The number of carbonyl (C=O) groups is 1. The minimum absolute atomic E-state index is 0. The summed E-state index contributed by atoms with van der Waals surface area (Å²) in [5, 5.41) is 3.00. The summed E-state index contributed by atoms with van der Waals surface area (Å²) < 4.78 is 0. The maximum atomic E-state index is 12.5. The van der Waals surface area contributed by atoms with Gasteiger partial charge in [0.15, 0.2) is 0 Å². The number of fused-ring (bicyclic) bond motifs is 1. The monoisotopic (exact) mass is 395 g/mol. The van der Waals surface area contributed by atoms with Crippen molar-refractivity contribution in [2.45, 2.75) is 32.0 Å². The first-order valence-corrected chi connectivity index (χ1v) is 8.54. The van der Waals surface area contributed by atoms with Gasteiger partial charge in [0.05, 0.1) is 6.04 Å². The molecule has 0 spiro atoms. The third-order valence-electron chi connectivity index (χ3n) is 4.81. The molecule has 1 aliphatic rings. The van der Waals surface area contributed by atoms with E-state index in [4.69, 9.17) is 5.73 Å². The lowest BCUT2D eigenvalue weighted by atomic mass is 9.98. The van der Waals surface area contributed by atoms with Gasteiger partial charge in [-0.2, -0.15) is 0 Å². The summed E-state index contributed by atoms with van der Waals surface area (Å²) in [4.78, 5) is 14.7. The molecule has 6 heteroatoms. The van der Waals surface area contributed by atoms with E-state index in [1.54, 1.807) is 0 Å². The average Bonchev–Trinajstić information content (AvgIpc) is 2.65. The van der Waals surface area contributed by atoms with Crippen molar-refractivity contribution >= 4 is 30.7 Å². The lowest BCUT2D eigenvalue weighted by molar-refractivity contribution is -0.126. The first-order valence-electron chi connectivity index (χ1n) is 8.54. The second-order valence-electron chi connectivity index (χ2n) is 6.43. The fourth-order valence-corrected chi connectivity index (χ4v) is 3.19. The highest BCUT2D eigenvalue weighted by Gasteiger charge is 2.25. The van der Waals surface area contributed by atoms with Crippen LogP contribution in [0, 0.1) is 0 Å². The summed E-state index contributed by atoms with van der Waals surface area (Å²) in [5.74, 6) is 0.0424. The molecular weight excluding hydrogens is 369 g/mol. The Labute approximate surface area is 168 Å². The molecule has 0 aromatic heterocycles. The molecule has 3 N–H and O–H groups in total. The van der Waals surface area contributed by atoms with E-state index in [2.05, 4.69) is 34.5 Å². The number of nitrogens with one attached hydrogen (secondary N) is 1. The van der Waals surface area contributed by atoms with Crippen LogP contribution in [0.2, 0.25) is 0 Å². The quantitative estimate of drug-likeness (QED) is 0.817. The number of nitrogens with two attached hydrogens (primary N) is 1. The normalized spacial score (nSPS) is 15.6. The van der Waals surface area contributed by atoms with Crippen LogP contribution in [0.25, 0.3) is 0 Å². The summed E-state index contributed by atoms with van der Waals surface area (Å²) in [6, 6.07) is 18.0. The summed E-state index contributed by atoms with van der Waals surface area (Å²) in [6.45, 7) is 4.17. The summed E-state index contributed by atoms with van der Waals surface area (Å²) in [5.41, 5.74) is 9.92. The number of amides is 1. The lowest BCUT2D eigenvalue weighted by Crippen LogP contribution is -2.48. The Bertz CT molecular complexity index is 696. The van der Waals surface area contributed by atoms with Gasteiger partial charge >= 0.3 is 0 Å². The molecule has 4 nitrogen and oxygen atoms in total. The minimum Gasteiger partial charge on any atom is -0.353 e. The van der Waals surface area contributed by atoms with Gasteiger partial charge in [0, 0.05) is 25.7 Å². The maximum absolute atomic E-state index is 12.5. The second-order valence-corrected chi connectivity index (χ2v) is 6.43. The predicted octanol–water partition coefficient (Wildman–Crippen LogP) is 3.09. The van der Waals surface area contributed by atoms with Crippen LogP contribution in [0.3, 0.4) is 0 Å². The van der Waals surface area contributed by atoms with Gasteiger partial charge in [-0.15, -0.1) is 24.8 Å². The molecule has 2 atom stereocenters. The van der Waals surface area contributed by atoms with E-state index in [1.807, 2.05) is 37.3 Å². The number of carbonyl (C=O) groups excluding carboxylic acids is 1. The van der Waals surface area contributed by atoms with Gasteiger partial charge in [0.2, 0.25) is 5.91 Å². The van der Waals surface area contributed by atoms with Crippen molar-refractivity contribution in [3.8, 4) is 0 Å². The number of hydrogen-bond donors (Lipinski definition) is 2. The third kappa shape index (κ3) is 5.45. The summed E-state index contributed by atoms with van der Waals surface area (Å²) in [7, 11) is 0. The first kappa shape index (κ1) is 22.5. The van der Waals surface area contributed by atoms with Crippen molar-refractivity contribution in [1.82, 2.24) is 10.2 Å². The van der Waals surface area contributed by atoms with Crippen LogP contribution in [0.5, 0.6) is 0 Å². The van der Waals surface area contributed by atoms with Gasteiger partial charge in [-0.05, 0) is 30.0 Å². The highest BCUT2D eigenvalue weighted by atomic mass is 35.5. The van der Waals surface area contributed by atoms with Crippen LogP contribution in [0.15, 0.2) is 54.6 Å². The van der Waals surface area contributed by atoms with Crippen molar-refractivity contribution in [3.63, 3.8) is 0 Å². The van der Waals surface area contributed by atoms with E-state index >= 15 is 0 Å². The smallest absolute Gasteiger partial charge is 0.237 e. The number of halogens is 2.